The second-order valence-electron chi connectivity index (χ2n) is 5.89. The van der Waals surface area contributed by atoms with Crippen molar-refractivity contribution in [2.75, 3.05) is 13.1 Å². The first-order valence-corrected chi connectivity index (χ1v) is 7.22. The van der Waals surface area contributed by atoms with Crippen LogP contribution in [0.15, 0.2) is 12.2 Å². The van der Waals surface area contributed by atoms with Crippen molar-refractivity contribution >= 4 is 5.91 Å². The fourth-order valence-corrected chi connectivity index (χ4v) is 3.63. The highest BCUT2D eigenvalue weighted by Gasteiger charge is 2.37. The van der Waals surface area contributed by atoms with Crippen LogP contribution in [0, 0.1) is 5.92 Å². The second kappa shape index (κ2) is 5.02. The molecule has 1 amide bonds. The van der Waals surface area contributed by atoms with Crippen molar-refractivity contribution in [3.8, 4) is 0 Å². The van der Waals surface area contributed by atoms with Crippen LogP contribution < -0.4 is 11.1 Å². The summed E-state index contributed by atoms with van der Waals surface area (Å²) in [4.78, 5) is 14.7. The number of rotatable bonds is 2. The average molecular weight is 249 g/mol. The molecule has 4 atom stereocenters. The predicted molar refractivity (Wildman–Crippen MR) is 71.0 cm³/mol. The average Bonchev–Trinajstić information content (AvgIpc) is 2.97. The van der Waals surface area contributed by atoms with Crippen molar-refractivity contribution in [2.24, 2.45) is 11.7 Å². The summed E-state index contributed by atoms with van der Waals surface area (Å²) in [6, 6.07) is 1.01. The molecule has 0 aromatic heterocycles. The number of nitrogens with two attached hydrogens (primary N) is 1. The number of fused-ring (bicyclic) bond motifs is 1. The summed E-state index contributed by atoms with van der Waals surface area (Å²) in [5.41, 5.74) is 5.80. The molecule has 2 heterocycles. The van der Waals surface area contributed by atoms with Crippen molar-refractivity contribution in [1.29, 1.82) is 0 Å². The Morgan fingerprint density at radius 3 is 2.89 bits per heavy atom. The van der Waals surface area contributed by atoms with Gasteiger partial charge in [0.05, 0.1) is 5.92 Å². The molecule has 0 radical (unpaired) electrons. The number of nitrogens with one attached hydrogen (secondary N) is 1. The fourth-order valence-electron chi connectivity index (χ4n) is 3.63. The van der Waals surface area contributed by atoms with Crippen LogP contribution in [0.25, 0.3) is 0 Å². The standard InChI is InChI=1S/C14H23N3O/c15-11-5-4-10(9-11)14(18)16-12-6-8-17-7-2-1-3-13(12)17/h4-5,10-13H,1-3,6-9,15H2,(H,16,18). The van der Waals surface area contributed by atoms with Crippen LogP contribution in [-0.4, -0.2) is 42.0 Å². The first-order chi connectivity index (χ1) is 8.74. The van der Waals surface area contributed by atoms with Gasteiger partial charge in [0.1, 0.15) is 0 Å². The van der Waals surface area contributed by atoms with Gasteiger partial charge in [0, 0.05) is 24.7 Å². The molecule has 0 saturated carbocycles. The number of piperidine rings is 1. The molecule has 2 fully saturated rings. The summed E-state index contributed by atoms with van der Waals surface area (Å²) >= 11 is 0. The Bertz CT molecular complexity index is 355. The van der Waals surface area contributed by atoms with Crippen molar-refractivity contribution in [2.45, 2.75) is 50.2 Å². The van der Waals surface area contributed by atoms with Gasteiger partial charge in [-0.05, 0) is 32.2 Å². The molecule has 3 rings (SSSR count). The molecule has 2 aliphatic heterocycles. The Labute approximate surface area is 109 Å². The van der Waals surface area contributed by atoms with E-state index in [4.69, 9.17) is 5.73 Å². The summed E-state index contributed by atoms with van der Waals surface area (Å²) < 4.78 is 0. The van der Waals surface area contributed by atoms with Crippen molar-refractivity contribution in [3.63, 3.8) is 0 Å². The maximum absolute atomic E-state index is 12.2. The normalized spacial score (nSPS) is 39.8. The zero-order valence-electron chi connectivity index (χ0n) is 10.8. The Kier molecular flexibility index (Phi) is 3.39. The molecule has 18 heavy (non-hydrogen) atoms. The van der Waals surface area contributed by atoms with Gasteiger partial charge in [-0.1, -0.05) is 18.6 Å². The maximum atomic E-state index is 12.2. The van der Waals surface area contributed by atoms with Gasteiger partial charge < -0.3 is 11.1 Å². The van der Waals surface area contributed by atoms with Crippen LogP contribution >= 0.6 is 0 Å². The molecule has 0 bridgehead atoms. The second-order valence-corrected chi connectivity index (χ2v) is 5.89. The summed E-state index contributed by atoms with van der Waals surface area (Å²) in [5.74, 6) is 0.175. The molecular formula is C14H23N3O. The Balaban J connectivity index is 1.56. The van der Waals surface area contributed by atoms with Crippen molar-refractivity contribution < 1.29 is 4.79 Å². The van der Waals surface area contributed by atoms with E-state index in [9.17, 15) is 4.79 Å². The first-order valence-electron chi connectivity index (χ1n) is 7.22. The van der Waals surface area contributed by atoms with E-state index in [2.05, 4.69) is 10.2 Å². The summed E-state index contributed by atoms with van der Waals surface area (Å²) in [5, 5.41) is 3.25. The van der Waals surface area contributed by atoms with E-state index in [1.165, 1.54) is 25.8 Å². The summed E-state index contributed by atoms with van der Waals surface area (Å²) in [7, 11) is 0. The van der Waals surface area contributed by atoms with Crippen LogP contribution in [0.3, 0.4) is 0 Å². The Morgan fingerprint density at radius 2 is 2.11 bits per heavy atom. The van der Waals surface area contributed by atoms with Crippen LogP contribution in [0.1, 0.15) is 32.1 Å². The van der Waals surface area contributed by atoms with Crippen molar-refractivity contribution in [3.05, 3.63) is 12.2 Å². The SMILES string of the molecule is NC1C=CC(C(=O)NC2CCN3CCCCC23)C1. The zero-order valence-corrected chi connectivity index (χ0v) is 10.8. The molecule has 4 nitrogen and oxygen atoms in total. The molecule has 2 saturated heterocycles. The van der Waals surface area contributed by atoms with Gasteiger partial charge in [0.15, 0.2) is 0 Å². The third kappa shape index (κ3) is 2.31. The maximum Gasteiger partial charge on any atom is 0.227 e. The van der Waals surface area contributed by atoms with Gasteiger partial charge in [-0.3, -0.25) is 9.69 Å². The van der Waals surface area contributed by atoms with Crippen LogP contribution in [0.5, 0.6) is 0 Å². The number of carbonyl (C=O) groups is 1. The minimum absolute atomic E-state index is 0.00218. The summed E-state index contributed by atoms with van der Waals surface area (Å²) in [6.07, 6.45) is 9.66. The van der Waals surface area contributed by atoms with Crippen LogP contribution in [0.2, 0.25) is 0 Å². The van der Waals surface area contributed by atoms with Gasteiger partial charge in [0.2, 0.25) is 5.91 Å². The lowest BCUT2D eigenvalue weighted by atomic mass is 9.98. The molecule has 1 aliphatic carbocycles. The molecule has 3 aliphatic rings. The molecular weight excluding hydrogens is 226 g/mol. The number of amides is 1. The molecule has 3 N–H and O–H groups in total. The number of hydrogen-bond donors (Lipinski definition) is 2. The lowest BCUT2D eigenvalue weighted by molar-refractivity contribution is -0.124. The molecule has 4 heteroatoms. The monoisotopic (exact) mass is 249 g/mol. The summed E-state index contributed by atoms with van der Waals surface area (Å²) in [6.45, 7) is 2.36. The van der Waals surface area contributed by atoms with Crippen molar-refractivity contribution in [1.82, 2.24) is 10.2 Å². The van der Waals surface area contributed by atoms with Crippen LogP contribution in [-0.2, 0) is 4.79 Å². The predicted octanol–water partition coefficient (Wildman–Crippen LogP) is 0.633. The van der Waals surface area contributed by atoms with E-state index in [-0.39, 0.29) is 17.9 Å². The van der Waals surface area contributed by atoms with E-state index < -0.39 is 0 Å². The Morgan fingerprint density at radius 1 is 1.22 bits per heavy atom. The first kappa shape index (κ1) is 12.2. The van der Waals surface area contributed by atoms with E-state index >= 15 is 0 Å². The third-order valence-electron chi connectivity index (χ3n) is 4.64. The Hall–Kier alpha value is -0.870. The molecule has 0 aromatic carbocycles. The van der Waals surface area contributed by atoms with E-state index in [0.717, 1.165) is 19.4 Å². The minimum Gasteiger partial charge on any atom is -0.351 e. The lowest BCUT2D eigenvalue weighted by Gasteiger charge is -2.32. The van der Waals surface area contributed by atoms with E-state index in [1.807, 2.05) is 12.2 Å². The van der Waals surface area contributed by atoms with E-state index in [1.54, 1.807) is 0 Å². The zero-order chi connectivity index (χ0) is 12.5. The topological polar surface area (TPSA) is 58.4 Å². The lowest BCUT2D eigenvalue weighted by Crippen LogP contribution is -2.48. The molecule has 0 spiro atoms. The highest BCUT2D eigenvalue weighted by Crippen LogP contribution is 2.27. The molecule has 0 aromatic rings. The van der Waals surface area contributed by atoms with Gasteiger partial charge in [-0.25, -0.2) is 0 Å². The number of nitrogens with zero attached hydrogens (tertiary/aromatic N) is 1. The quantitative estimate of drug-likeness (QED) is 0.706. The highest BCUT2D eigenvalue weighted by molar-refractivity contribution is 5.81. The molecule has 100 valence electrons. The van der Waals surface area contributed by atoms with Gasteiger partial charge >= 0.3 is 0 Å². The smallest absolute Gasteiger partial charge is 0.227 e. The van der Waals surface area contributed by atoms with Gasteiger partial charge in [0.25, 0.3) is 0 Å². The third-order valence-corrected chi connectivity index (χ3v) is 4.64. The largest absolute Gasteiger partial charge is 0.351 e. The number of hydrogen-bond acceptors (Lipinski definition) is 3. The van der Waals surface area contributed by atoms with Gasteiger partial charge in [-0.2, -0.15) is 0 Å². The number of carbonyl (C=O) groups excluding carboxylic acids is 1. The van der Waals surface area contributed by atoms with E-state index in [0.29, 0.717) is 12.1 Å². The minimum atomic E-state index is -0.00218. The molecule has 4 unspecified atom stereocenters. The van der Waals surface area contributed by atoms with Gasteiger partial charge in [-0.15, -0.1) is 0 Å². The highest BCUT2D eigenvalue weighted by atomic mass is 16.2. The van der Waals surface area contributed by atoms with Crippen LogP contribution in [0.4, 0.5) is 0 Å². The fraction of sp³-hybridized carbons (Fsp3) is 0.786.